The monoisotopic (exact) mass is 306 g/mol. The van der Waals surface area contributed by atoms with Gasteiger partial charge < -0.3 is 9.88 Å². The lowest BCUT2D eigenvalue weighted by Gasteiger charge is -2.22. The van der Waals surface area contributed by atoms with Crippen LogP contribution in [0.3, 0.4) is 0 Å². The highest BCUT2D eigenvalue weighted by molar-refractivity contribution is 6.30. The van der Waals surface area contributed by atoms with Crippen LogP contribution in [0.25, 0.3) is 0 Å². The third-order valence-electron chi connectivity index (χ3n) is 4.15. The van der Waals surface area contributed by atoms with Gasteiger partial charge in [0.2, 0.25) is 0 Å². The van der Waals surface area contributed by atoms with Gasteiger partial charge in [-0.05, 0) is 43.0 Å². The average Bonchev–Trinajstić information content (AvgIpc) is 2.88. The van der Waals surface area contributed by atoms with Gasteiger partial charge in [-0.3, -0.25) is 0 Å². The Hall–Kier alpha value is -1.32. The van der Waals surface area contributed by atoms with E-state index in [4.69, 9.17) is 11.6 Å². The standard InChI is InChI=1S/C17H20ClFN2/c1-2-20-16-8-4-5-12-9-21(11-14(12)16)10-13-6-3-7-15(18)17(13)19/h3,6-7,9,11,16,20H,2,4-5,8,10H2,1H3. The summed E-state index contributed by atoms with van der Waals surface area (Å²) in [6.45, 7) is 3.63. The van der Waals surface area contributed by atoms with Crippen LogP contribution in [0.5, 0.6) is 0 Å². The molecule has 0 saturated carbocycles. The fourth-order valence-electron chi connectivity index (χ4n) is 3.17. The number of rotatable bonds is 4. The molecule has 2 nitrogen and oxygen atoms in total. The molecule has 1 atom stereocenters. The van der Waals surface area contributed by atoms with E-state index in [1.807, 2.05) is 0 Å². The summed E-state index contributed by atoms with van der Waals surface area (Å²) >= 11 is 5.85. The van der Waals surface area contributed by atoms with Gasteiger partial charge in [0, 0.05) is 30.5 Å². The molecule has 1 aromatic heterocycles. The molecular formula is C17H20ClFN2. The van der Waals surface area contributed by atoms with Gasteiger partial charge in [0.15, 0.2) is 0 Å². The van der Waals surface area contributed by atoms with E-state index < -0.39 is 0 Å². The topological polar surface area (TPSA) is 17.0 Å². The van der Waals surface area contributed by atoms with Crippen LogP contribution in [0.1, 0.15) is 42.5 Å². The summed E-state index contributed by atoms with van der Waals surface area (Å²) in [7, 11) is 0. The molecule has 1 N–H and O–H groups in total. The van der Waals surface area contributed by atoms with E-state index in [0.29, 0.717) is 18.2 Å². The van der Waals surface area contributed by atoms with E-state index in [0.717, 1.165) is 13.0 Å². The van der Waals surface area contributed by atoms with Gasteiger partial charge in [-0.2, -0.15) is 0 Å². The van der Waals surface area contributed by atoms with Crippen molar-refractivity contribution in [3.05, 3.63) is 58.1 Å². The van der Waals surface area contributed by atoms with Crippen molar-refractivity contribution in [2.24, 2.45) is 0 Å². The van der Waals surface area contributed by atoms with Crippen molar-refractivity contribution in [2.75, 3.05) is 6.54 Å². The van der Waals surface area contributed by atoms with Crippen molar-refractivity contribution in [1.82, 2.24) is 9.88 Å². The Labute approximate surface area is 129 Å². The molecule has 0 amide bonds. The van der Waals surface area contributed by atoms with Crippen LogP contribution in [0.2, 0.25) is 5.02 Å². The highest BCUT2D eigenvalue weighted by Gasteiger charge is 2.21. The van der Waals surface area contributed by atoms with Crippen molar-refractivity contribution in [1.29, 1.82) is 0 Å². The number of fused-ring (bicyclic) bond motifs is 1. The van der Waals surface area contributed by atoms with Crippen LogP contribution >= 0.6 is 11.6 Å². The SMILES string of the molecule is CCNC1CCCc2cn(Cc3cccc(Cl)c3F)cc21. The first kappa shape index (κ1) is 14.6. The van der Waals surface area contributed by atoms with Crippen LogP contribution in [0.15, 0.2) is 30.6 Å². The van der Waals surface area contributed by atoms with Crippen LogP contribution in [0.4, 0.5) is 4.39 Å². The van der Waals surface area contributed by atoms with Gasteiger partial charge in [0.1, 0.15) is 5.82 Å². The molecule has 1 aliphatic rings. The number of hydrogen-bond donors (Lipinski definition) is 1. The third-order valence-corrected chi connectivity index (χ3v) is 4.44. The van der Waals surface area contributed by atoms with E-state index in [2.05, 4.69) is 29.2 Å². The minimum Gasteiger partial charge on any atom is -0.349 e. The third kappa shape index (κ3) is 2.99. The molecule has 21 heavy (non-hydrogen) atoms. The van der Waals surface area contributed by atoms with Gasteiger partial charge in [0.05, 0.1) is 5.02 Å². The van der Waals surface area contributed by atoms with Gasteiger partial charge in [-0.1, -0.05) is 30.7 Å². The summed E-state index contributed by atoms with van der Waals surface area (Å²) in [6, 6.07) is 5.61. The summed E-state index contributed by atoms with van der Waals surface area (Å²) in [6.07, 6.45) is 7.81. The summed E-state index contributed by atoms with van der Waals surface area (Å²) in [5.41, 5.74) is 3.38. The van der Waals surface area contributed by atoms with Crippen molar-refractivity contribution in [2.45, 2.75) is 38.8 Å². The molecule has 112 valence electrons. The molecule has 1 aliphatic carbocycles. The fraction of sp³-hybridized carbons (Fsp3) is 0.412. The Morgan fingerprint density at radius 1 is 1.38 bits per heavy atom. The van der Waals surface area contributed by atoms with E-state index in [-0.39, 0.29) is 10.8 Å². The molecule has 0 saturated heterocycles. The molecular weight excluding hydrogens is 287 g/mol. The number of hydrogen-bond acceptors (Lipinski definition) is 1. The first-order valence-corrected chi connectivity index (χ1v) is 7.91. The summed E-state index contributed by atoms with van der Waals surface area (Å²) in [5.74, 6) is -0.311. The fourth-order valence-corrected chi connectivity index (χ4v) is 3.36. The number of nitrogens with zero attached hydrogens (tertiary/aromatic N) is 1. The molecule has 1 aromatic carbocycles. The normalized spacial score (nSPS) is 17.8. The van der Waals surface area contributed by atoms with Crippen LogP contribution in [0, 0.1) is 5.82 Å². The zero-order valence-corrected chi connectivity index (χ0v) is 13.0. The molecule has 0 radical (unpaired) electrons. The molecule has 0 fully saturated rings. The van der Waals surface area contributed by atoms with Gasteiger partial charge in [0.25, 0.3) is 0 Å². The Morgan fingerprint density at radius 2 is 2.24 bits per heavy atom. The molecule has 1 unspecified atom stereocenters. The quantitative estimate of drug-likeness (QED) is 0.890. The maximum Gasteiger partial charge on any atom is 0.146 e. The van der Waals surface area contributed by atoms with Crippen LogP contribution in [-0.4, -0.2) is 11.1 Å². The zero-order valence-electron chi connectivity index (χ0n) is 12.2. The summed E-state index contributed by atoms with van der Waals surface area (Å²) < 4.78 is 16.1. The highest BCUT2D eigenvalue weighted by Crippen LogP contribution is 2.31. The Morgan fingerprint density at radius 3 is 3.05 bits per heavy atom. The van der Waals surface area contributed by atoms with E-state index >= 15 is 0 Å². The number of nitrogens with one attached hydrogen (secondary N) is 1. The summed E-state index contributed by atoms with van der Waals surface area (Å²) in [5, 5.41) is 3.72. The lowest BCUT2D eigenvalue weighted by atomic mass is 9.91. The Kier molecular flexibility index (Phi) is 4.32. The van der Waals surface area contributed by atoms with Gasteiger partial charge in [-0.25, -0.2) is 4.39 Å². The lowest BCUT2D eigenvalue weighted by Crippen LogP contribution is -2.23. The lowest BCUT2D eigenvalue weighted by molar-refractivity contribution is 0.473. The Bertz CT molecular complexity index is 636. The van der Waals surface area contributed by atoms with E-state index in [9.17, 15) is 4.39 Å². The molecule has 2 aromatic rings. The van der Waals surface area contributed by atoms with Crippen LogP contribution in [-0.2, 0) is 13.0 Å². The largest absolute Gasteiger partial charge is 0.349 e. The Balaban J connectivity index is 1.86. The molecule has 0 aliphatic heterocycles. The predicted molar refractivity (Wildman–Crippen MR) is 84.3 cm³/mol. The first-order valence-electron chi connectivity index (χ1n) is 7.54. The van der Waals surface area contributed by atoms with Gasteiger partial charge in [-0.15, -0.1) is 0 Å². The minimum atomic E-state index is -0.311. The zero-order chi connectivity index (χ0) is 14.8. The second-order valence-corrected chi connectivity index (χ2v) is 6.03. The maximum absolute atomic E-state index is 14.0. The van der Waals surface area contributed by atoms with E-state index in [1.165, 1.54) is 24.0 Å². The summed E-state index contributed by atoms with van der Waals surface area (Å²) in [4.78, 5) is 0. The van der Waals surface area contributed by atoms with Crippen molar-refractivity contribution in [3.63, 3.8) is 0 Å². The number of aryl methyl sites for hydroxylation is 1. The van der Waals surface area contributed by atoms with Crippen molar-refractivity contribution >= 4 is 11.6 Å². The van der Waals surface area contributed by atoms with Crippen molar-refractivity contribution < 1.29 is 4.39 Å². The number of aromatic nitrogens is 1. The van der Waals surface area contributed by atoms with Gasteiger partial charge >= 0.3 is 0 Å². The maximum atomic E-state index is 14.0. The van der Waals surface area contributed by atoms with Crippen molar-refractivity contribution in [3.8, 4) is 0 Å². The molecule has 1 heterocycles. The number of benzene rings is 1. The first-order chi connectivity index (χ1) is 10.2. The van der Waals surface area contributed by atoms with E-state index in [1.54, 1.807) is 18.2 Å². The molecule has 3 rings (SSSR count). The average molecular weight is 307 g/mol. The molecule has 0 bridgehead atoms. The predicted octanol–water partition coefficient (Wildman–Crippen LogP) is 4.32. The second-order valence-electron chi connectivity index (χ2n) is 5.63. The number of halogens is 2. The molecule has 0 spiro atoms. The smallest absolute Gasteiger partial charge is 0.146 e. The second kappa shape index (κ2) is 6.20. The highest BCUT2D eigenvalue weighted by atomic mass is 35.5. The minimum absolute atomic E-state index is 0.190. The van der Waals surface area contributed by atoms with Crippen LogP contribution < -0.4 is 5.32 Å². The molecule has 4 heteroatoms.